The number of hydrogen-bond donors (Lipinski definition) is 0. The number of anilines is 1. The summed E-state index contributed by atoms with van der Waals surface area (Å²) >= 11 is 7.45. The van der Waals surface area contributed by atoms with Crippen LogP contribution in [0.4, 0.5) is 5.13 Å². The molecule has 10 heteroatoms. The standard InChI is InChI=1S/C23H22ClN3O4S2/c1-15(2)26(3)33(29,30)19-9-6-16(7-10-19)22(28)27(14-18-5-4-12-31-18)23-25-20-11-8-17(24)13-21(20)32-23/h4-13,15H,14H2,1-3H3. The van der Waals surface area contributed by atoms with Gasteiger partial charge in [0.25, 0.3) is 5.91 Å². The molecule has 0 aliphatic heterocycles. The number of amides is 1. The first kappa shape index (κ1) is 23.4. The number of carbonyl (C=O) groups excluding carboxylic acids is 1. The molecule has 0 atom stereocenters. The van der Waals surface area contributed by atoms with E-state index >= 15 is 0 Å². The van der Waals surface area contributed by atoms with Crippen molar-refractivity contribution in [1.29, 1.82) is 0 Å². The number of thiazole rings is 1. The van der Waals surface area contributed by atoms with Gasteiger partial charge in [-0.25, -0.2) is 13.4 Å². The van der Waals surface area contributed by atoms with E-state index in [1.165, 1.54) is 51.9 Å². The van der Waals surface area contributed by atoms with Crippen LogP contribution in [0, 0.1) is 0 Å². The molecule has 0 fully saturated rings. The zero-order valence-corrected chi connectivity index (χ0v) is 20.6. The van der Waals surface area contributed by atoms with Crippen molar-refractivity contribution < 1.29 is 17.6 Å². The predicted octanol–water partition coefficient (Wildman–Crippen LogP) is 5.42. The van der Waals surface area contributed by atoms with E-state index in [9.17, 15) is 13.2 Å². The van der Waals surface area contributed by atoms with E-state index in [0.717, 1.165) is 10.2 Å². The van der Waals surface area contributed by atoms with Gasteiger partial charge in [-0.05, 0) is 68.4 Å². The van der Waals surface area contributed by atoms with Gasteiger partial charge in [-0.3, -0.25) is 9.69 Å². The second-order valence-electron chi connectivity index (χ2n) is 7.72. The summed E-state index contributed by atoms with van der Waals surface area (Å²) in [7, 11) is -2.11. The predicted molar refractivity (Wildman–Crippen MR) is 130 cm³/mol. The fraction of sp³-hybridized carbons (Fsp3) is 0.217. The van der Waals surface area contributed by atoms with Crippen LogP contribution in [0.25, 0.3) is 10.2 Å². The van der Waals surface area contributed by atoms with Crippen molar-refractivity contribution in [2.24, 2.45) is 0 Å². The molecule has 33 heavy (non-hydrogen) atoms. The maximum Gasteiger partial charge on any atom is 0.260 e. The second kappa shape index (κ2) is 9.26. The molecule has 0 N–H and O–H groups in total. The number of halogens is 1. The first-order chi connectivity index (χ1) is 15.7. The summed E-state index contributed by atoms with van der Waals surface area (Å²) in [5, 5.41) is 1.08. The van der Waals surface area contributed by atoms with E-state index in [1.54, 1.807) is 50.4 Å². The summed E-state index contributed by atoms with van der Waals surface area (Å²) in [5.41, 5.74) is 1.07. The lowest BCUT2D eigenvalue weighted by Crippen LogP contribution is -2.33. The van der Waals surface area contributed by atoms with Gasteiger partial charge in [0.1, 0.15) is 5.76 Å². The van der Waals surface area contributed by atoms with E-state index in [1.807, 2.05) is 0 Å². The van der Waals surface area contributed by atoms with Crippen LogP contribution < -0.4 is 4.90 Å². The van der Waals surface area contributed by atoms with Gasteiger partial charge in [0, 0.05) is 23.7 Å². The smallest absolute Gasteiger partial charge is 0.260 e. The number of carbonyl (C=O) groups is 1. The van der Waals surface area contributed by atoms with Gasteiger partial charge in [0.05, 0.1) is 27.9 Å². The summed E-state index contributed by atoms with van der Waals surface area (Å²) in [6.07, 6.45) is 1.54. The number of nitrogens with zero attached hydrogens (tertiary/aromatic N) is 3. The zero-order valence-electron chi connectivity index (χ0n) is 18.2. The zero-order chi connectivity index (χ0) is 23.8. The normalized spacial score (nSPS) is 12.1. The number of benzene rings is 2. The van der Waals surface area contributed by atoms with Gasteiger partial charge >= 0.3 is 0 Å². The Labute approximate surface area is 201 Å². The number of hydrogen-bond acceptors (Lipinski definition) is 6. The maximum atomic E-state index is 13.5. The molecule has 2 heterocycles. The Hall–Kier alpha value is -2.72. The second-order valence-corrected chi connectivity index (χ2v) is 11.2. The number of furan rings is 1. The molecule has 0 radical (unpaired) electrons. The van der Waals surface area contributed by atoms with Crippen LogP contribution in [-0.2, 0) is 16.6 Å². The van der Waals surface area contributed by atoms with E-state index in [-0.39, 0.29) is 23.4 Å². The van der Waals surface area contributed by atoms with Gasteiger partial charge in [0.15, 0.2) is 5.13 Å². The van der Waals surface area contributed by atoms with Gasteiger partial charge in [-0.1, -0.05) is 22.9 Å². The molecule has 0 spiro atoms. The van der Waals surface area contributed by atoms with Crippen molar-refractivity contribution in [2.75, 3.05) is 11.9 Å². The molecule has 0 unspecified atom stereocenters. The molecule has 7 nitrogen and oxygen atoms in total. The summed E-state index contributed by atoms with van der Waals surface area (Å²) < 4.78 is 33.1. The Kier molecular flexibility index (Phi) is 6.58. The Morgan fingerprint density at radius 2 is 1.88 bits per heavy atom. The number of aromatic nitrogens is 1. The summed E-state index contributed by atoms with van der Waals surface area (Å²) in [4.78, 5) is 19.7. The molecule has 4 aromatic rings. The SMILES string of the molecule is CC(C)N(C)S(=O)(=O)c1ccc(C(=O)N(Cc2ccco2)c2nc3ccc(Cl)cc3s2)cc1. The van der Waals surface area contributed by atoms with Crippen molar-refractivity contribution in [2.45, 2.75) is 31.3 Å². The minimum atomic E-state index is -3.64. The van der Waals surface area contributed by atoms with E-state index in [2.05, 4.69) is 4.98 Å². The highest BCUT2D eigenvalue weighted by Crippen LogP contribution is 2.32. The van der Waals surface area contributed by atoms with Gasteiger partial charge in [0.2, 0.25) is 10.0 Å². The lowest BCUT2D eigenvalue weighted by Gasteiger charge is -2.21. The van der Waals surface area contributed by atoms with Crippen LogP contribution in [0.15, 0.2) is 70.2 Å². The van der Waals surface area contributed by atoms with E-state index in [0.29, 0.717) is 21.5 Å². The molecule has 4 rings (SSSR count). The van der Waals surface area contributed by atoms with Crippen LogP contribution in [0.5, 0.6) is 0 Å². The quantitative estimate of drug-likeness (QED) is 0.336. The highest BCUT2D eigenvalue weighted by atomic mass is 35.5. The minimum Gasteiger partial charge on any atom is -0.467 e. The monoisotopic (exact) mass is 503 g/mol. The van der Waals surface area contributed by atoms with Gasteiger partial charge < -0.3 is 4.42 Å². The molecule has 0 aliphatic rings. The summed E-state index contributed by atoms with van der Waals surface area (Å²) in [5.74, 6) is 0.274. The van der Waals surface area contributed by atoms with Crippen molar-refractivity contribution in [3.63, 3.8) is 0 Å². The van der Waals surface area contributed by atoms with Gasteiger partial charge in [-0.15, -0.1) is 0 Å². The lowest BCUT2D eigenvalue weighted by atomic mass is 10.2. The fourth-order valence-corrected chi connectivity index (χ4v) is 5.76. The average molecular weight is 504 g/mol. The first-order valence-corrected chi connectivity index (χ1v) is 12.8. The number of sulfonamides is 1. The highest BCUT2D eigenvalue weighted by Gasteiger charge is 2.26. The van der Waals surface area contributed by atoms with Crippen molar-refractivity contribution in [1.82, 2.24) is 9.29 Å². The van der Waals surface area contributed by atoms with Gasteiger partial charge in [-0.2, -0.15) is 4.31 Å². The topological polar surface area (TPSA) is 83.7 Å². The molecule has 0 saturated carbocycles. The van der Waals surface area contributed by atoms with Crippen molar-refractivity contribution >= 4 is 54.2 Å². The van der Waals surface area contributed by atoms with Crippen LogP contribution >= 0.6 is 22.9 Å². The minimum absolute atomic E-state index is 0.127. The summed E-state index contributed by atoms with van der Waals surface area (Å²) in [6, 6.07) is 14.6. The Morgan fingerprint density at radius 3 is 2.52 bits per heavy atom. The Morgan fingerprint density at radius 1 is 1.15 bits per heavy atom. The van der Waals surface area contributed by atoms with Crippen LogP contribution in [0.1, 0.15) is 30.0 Å². The molecule has 0 saturated heterocycles. The maximum absolute atomic E-state index is 13.5. The molecular formula is C23H22ClN3O4S2. The Bertz CT molecular complexity index is 1380. The molecule has 0 aliphatic carbocycles. The van der Waals surface area contributed by atoms with Crippen LogP contribution in [0.2, 0.25) is 5.02 Å². The molecule has 2 aromatic heterocycles. The van der Waals surface area contributed by atoms with Crippen molar-refractivity contribution in [3.05, 3.63) is 77.2 Å². The Balaban J connectivity index is 1.69. The molecular weight excluding hydrogens is 482 g/mol. The first-order valence-electron chi connectivity index (χ1n) is 10.2. The number of rotatable bonds is 7. The third-order valence-corrected chi connectivity index (χ3v) is 8.54. The lowest BCUT2D eigenvalue weighted by molar-refractivity contribution is 0.0983. The third kappa shape index (κ3) is 4.81. The fourth-order valence-electron chi connectivity index (χ4n) is 3.16. The highest BCUT2D eigenvalue weighted by molar-refractivity contribution is 7.89. The molecule has 1 amide bonds. The third-order valence-electron chi connectivity index (χ3n) is 5.21. The molecule has 2 aromatic carbocycles. The van der Waals surface area contributed by atoms with E-state index < -0.39 is 10.0 Å². The molecule has 172 valence electrons. The summed E-state index contributed by atoms with van der Waals surface area (Å²) in [6.45, 7) is 3.77. The average Bonchev–Trinajstić information content (AvgIpc) is 3.45. The van der Waals surface area contributed by atoms with E-state index in [4.69, 9.17) is 16.0 Å². The largest absolute Gasteiger partial charge is 0.467 e. The van der Waals surface area contributed by atoms with Crippen molar-refractivity contribution in [3.8, 4) is 0 Å². The van der Waals surface area contributed by atoms with Crippen LogP contribution in [-0.4, -0.2) is 36.7 Å². The number of fused-ring (bicyclic) bond motifs is 1. The van der Waals surface area contributed by atoms with Crippen LogP contribution in [0.3, 0.4) is 0 Å². The molecule has 0 bridgehead atoms.